The first-order valence-corrected chi connectivity index (χ1v) is 12.6. The van der Waals surface area contributed by atoms with Crippen LogP contribution in [0.15, 0.2) is 0 Å². The van der Waals surface area contributed by atoms with Crippen LogP contribution in [-0.2, 0) is 61.9 Å². The van der Waals surface area contributed by atoms with Crippen molar-refractivity contribution in [2.24, 2.45) is 0 Å². The summed E-state index contributed by atoms with van der Waals surface area (Å²) >= 11 is 0. The second kappa shape index (κ2) is 15.0. The van der Waals surface area contributed by atoms with E-state index in [0.29, 0.717) is 0 Å². The maximum atomic E-state index is 12.2. The second-order valence-corrected chi connectivity index (χ2v) is 9.41. The number of nitrogens with one attached hydrogen (secondary N) is 2. The van der Waals surface area contributed by atoms with Crippen LogP contribution in [0.3, 0.4) is 0 Å². The van der Waals surface area contributed by atoms with Crippen molar-refractivity contribution >= 4 is 35.7 Å². The lowest BCUT2D eigenvalue weighted by molar-refractivity contribution is -0.329. The first kappa shape index (κ1) is 33.8. The third-order valence-electron chi connectivity index (χ3n) is 5.88. The number of esters is 4. The molecule has 2 heterocycles. The van der Waals surface area contributed by atoms with Gasteiger partial charge in [0.15, 0.2) is 24.8 Å². The van der Waals surface area contributed by atoms with Gasteiger partial charge in [0.1, 0.15) is 49.7 Å². The Labute approximate surface area is 235 Å². The molecular weight excluding hydrogens is 556 g/mol. The lowest BCUT2D eigenvalue weighted by Crippen LogP contribution is -2.70. The highest BCUT2D eigenvalue weighted by Gasteiger charge is 2.54. The summed E-state index contributed by atoms with van der Waals surface area (Å²) in [5, 5.41) is 26.4. The number of carbonyl (C=O) groups excluding carboxylic acids is 6. The Morgan fingerprint density at radius 1 is 0.634 bits per heavy atom. The van der Waals surface area contributed by atoms with Crippen molar-refractivity contribution in [3.8, 4) is 0 Å². The smallest absolute Gasteiger partial charge is 0.303 e. The fourth-order valence-corrected chi connectivity index (χ4v) is 4.39. The van der Waals surface area contributed by atoms with E-state index in [1.54, 1.807) is 0 Å². The molecule has 17 heteroatoms. The third kappa shape index (κ3) is 9.89. The predicted octanol–water partition coefficient (Wildman–Crippen LogP) is -2.83. The van der Waals surface area contributed by atoms with Crippen molar-refractivity contribution < 1.29 is 72.1 Å². The summed E-state index contributed by atoms with van der Waals surface area (Å²) in [6, 6.07) is -2.80. The van der Waals surface area contributed by atoms with Gasteiger partial charge in [-0.25, -0.2) is 0 Å². The van der Waals surface area contributed by atoms with E-state index in [2.05, 4.69) is 10.6 Å². The summed E-state index contributed by atoms with van der Waals surface area (Å²) in [6.45, 7) is 5.62. The molecule has 0 radical (unpaired) electrons. The lowest BCUT2D eigenvalue weighted by atomic mass is 9.94. The van der Waals surface area contributed by atoms with E-state index >= 15 is 0 Å². The average Bonchev–Trinajstić information content (AvgIpc) is 2.83. The minimum Gasteiger partial charge on any atom is -0.463 e. The van der Waals surface area contributed by atoms with Crippen molar-refractivity contribution in [2.45, 2.75) is 103 Å². The standard InChI is InChI=1S/C24H36N2O15/c1-9(27)25-17-19(33)20(15(39-23(17)34)7-35-11(3)29)41-24-18(26-10(2)28)22(38-14(6)32)21(37-13(5)31)16(40-24)8-36-12(4)30/h15-24,33-34H,7-8H2,1-6H3,(H,25,27)(H,26,28)/t15-,16-,17+,18-,19-,20-,21-,22-,23+,24+/m1/s1. The first-order valence-electron chi connectivity index (χ1n) is 12.6. The average molecular weight is 593 g/mol. The van der Waals surface area contributed by atoms with E-state index < -0.39 is 110 Å². The number of aliphatic hydroxyl groups is 2. The van der Waals surface area contributed by atoms with Gasteiger partial charge < -0.3 is 54.0 Å². The summed E-state index contributed by atoms with van der Waals surface area (Å²) in [4.78, 5) is 70.9. The molecule has 17 nitrogen and oxygen atoms in total. The van der Waals surface area contributed by atoms with Crippen molar-refractivity contribution in [1.29, 1.82) is 0 Å². The third-order valence-corrected chi connectivity index (χ3v) is 5.88. The highest BCUT2D eigenvalue weighted by molar-refractivity contribution is 5.74. The molecule has 41 heavy (non-hydrogen) atoms. The Bertz CT molecular complexity index is 988. The molecule has 0 aromatic rings. The molecule has 0 aromatic carbocycles. The quantitative estimate of drug-likeness (QED) is 0.148. The van der Waals surface area contributed by atoms with Gasteiger partial charge in [-0.15, -0.1) is 0 Å². The Kier molecular flexibility index (Phi) is 12.4. The van der Waals surface area contributed by atoms with Crippen LogP contribution in [0.1, 0.15) is 41.5 Å². The Balaban J connectivity index is 2.54. The first-order chi connectivity index (χ1) is 19.1. The van der Waals surface area contributed by atoms with Gasteiger partial charge in [0.2, 0.25) is 11.8 Å². The monoisotopic (exact) mass is 592 g/mol. The van der Waals surface area contributed by atoms with Gasteiger partial charge >= 0.3 is 23.9 Å². The molecule has 0 aliphatic carbocycles. The van der Waals surface area contributed by atoms with Gasteiger partial charge in [0.05, 0.1) is 0 Å². The van der Waals surface area contributed by atoms with Gasteiger partial charge in [0.25, 0.3) is 0 Å². The summed E-state index contributed by atoms with van der Waals surface area (Å²) in [6.07, 6.45) is -12.1. The number of ether oxygens (including phenoxy) is 7. The largest absolute Gasteiger partial charge is 0.463 e. The molecule has 0 unspecified atom stereocenters. The summed E-state index contributed by atoms with van der Waals surface area (Å²) in [5.41, 5.74) is 0. The zero-order chi connectivity index (χ0) is 31.0. The topological polar surface area (TPSA) is 232 Å². The van der Waals surface area contributed by atoms with Crippen molar-refractivity contribution in [3.63, 3.8) is 0 Å². The van der Waals surface area contributed by atoms with Gasteiger partial charge in [-0.05, 0) is 0 Å². The van der Waals surface area contributed by atoms with Crippen LogP contribution in [0.4, 0.5) is 0 Å². The lowest BCUT2D eigenvalue weighted by Gasteiger charge is -2.48. The summed E-state index contributed by atoms with van der Waals surface area (Å²) in [7, 11) is 0. The molecule has 0 spiro atoms. The van der Waals surface area contributed by atoms with E-state index in [1.807, 2.05) is 0 Å². The van der Waals surface area contributed by atoms with Gasteiger partial charge in [-0.1, -0.05) is 0 Å². The van der Waals surface area contributed by atoms with Crippen LogP contribution in [-0.4, -0.2) is 120 Å². The molecule has 10 atom stereocenters. The van der Waals surface area contributed by atoms with Crippen molar-refractivity contribution in [2.75, 3.05) is 13.2 Å². The Hall–Kier alpha value is -3.38. The maximum Gasteiger partial charge on any atom is 0.303 e. The minimum atomic E-state index is -1.74. The molecule has 2 aliphatic heterocycles. The second-order valence-electron chi connectivity index (χ2n) is 9.41. The van der Waals surface area contributed by atoms with Crippen LogP contribution >= 0.6 is 0 Å². The fraction of sp³-hybridized carbons (Fsp3) is 0.750. The molecule has 0 saturated carbocycles. The molecule has 2 aliphatic rings. The van der Waals surface area contributed by atoms with Crippen molar-refractivity contribution in [1.82, 2.24) is 10.6 Å². The number of hydrogen-bond acceptors (Lipinski definition) is 15. The molecule has 2 rings (SSSR count). The van der Waals surface area contributed by atoms with E-state index in [9.17, 15) is 39.0 Å². The van der Waals surface area contributed by atoms with Crippen molar-refractivity contribution in [3.05, 3.63) is 0 Å². The number of aliphatic hydroxyl groups excluding tert-OH is 2. The minimum absolute atomic E-state index is 0.508. The fourth-order valence-electron chi connectivity index (χ4n) is 4.39. The SMILES string of the molecule is CC(=O)N[C@H]1[C@H](O[C@H]2[C@H](O)[C@H](NC(C)=O)[C@@H](O)O[C@@H]2COC(C)=O)O[C@H](COC(C)=O)[C@@H](OC(C)=O)[C@@H]1OC(C)=O. The van der Waals surface area contributed by atoms with Crippen LogP contribution in [0.5, 0.6) is 0 Å². The van der Waals surface area contributed by atoms with E-state index in [4.69, 9.17) is 33.2 Å². The summed E-state index contributed by atoms with van der Waals surface area (Å²) in [5.74, 6) is -4.35. The van der Waals surface area contributed by atoms with E-state index in [1.165, 1.54) is 0 Å². The molecule has 2 amide bonds. The number of rotatable bonds is 10. The van der Waals surface area contributed by atoms with Gasteiger partial charge in [-0.2, -0.15) is 0 Å². The zero-order valence-corrected chi connectivity index (χ0v) is 23.4. The predicted molar refractivity (Wildman–Crippen MR) is 130 cm³/mol. The zero-order valence-electron chi connectivity index (χ0n) is 23.4. The molecule has 2 fully saturated rings. The Morgan fingerprint density at radius 2 is 1.10 bits per heavy atom. The van der Waals surface area contributed by atoms with Gasteiger partial charge in [-0.3, -0.25) is 28.8 Å². The van der Waals surface area contributed by atoms with Gasteiger partial charge in [0, 0.05) is 41.5 Å². The van der Waals surface area contributed by atoms with Crippen LogP contribution < -0.4 is 10.6 Å². The highest BCUT2D eigenvalue weighted by Crippen LogP contribution is 2.32. The van der Waals surface area contributed by atoms with Crippen LogP contribution in [0.25, 0.3) is 0 Å². The molecule has 4 N–H and O–H groups in total. The number of carbonyl (C=O) groups is 6. The summed E-state index contributed by atoms with van der Waals surface area (Å²) < 4.78 is 38.2. The highest BCUT2D eigenvalue weighted by atomic mass is 16.7. The van der Waals surface area contributed by atoms with Crippen LogP contribution in [0.2, 0.25) is 0 Å². The molecular formula is C24H36N2O15. The molecule has 2 saturated heterocycles. The number of hydrogen-bond donors (Lipinski definition) is 4. The maximum absolute atomic E-state index is 12.2. The van der Waals surface area contributed by atoms with E-state index in [0.717, 1.165) is 41.5 Å². The molecule has 0 bridgehead atoms. The Morgan fingerprint density at radius 3 is 1.56 bits per heavy atom. The molecule has 0 aromatic heterocycles. The normalized spacial score (nSPS) is 33.1. The van der Waals surface area contributed by atoms with E-state index in [-0.39, 0.29) is 0 Å². The molecule has 232 valence electrons. The number of amides is 2. The van der Waals surface area contributed by atoms with Crippen LogP contribution in [0, 0.1) is 0 Å².